The van der Waals surface area contributed by atoms with Crippen LogP contribution in [-0.2, 0) is 32.6 Å². The highest BCUT2D eigenvalue weighted by molar-refractivity contribution is 7.92. The number of sulfonamides is 1. The molecule has 0 saturated heterocycles. The van der Waals surface area contributed by atoms with Crippen molar-refractivity contribution in [2.45, 2.75) is 65.1 Å². The van der Waals surface area contributed by atoms with Crippen LogP contribution < -0.4 is 14.4 Å². The van der Waals surface area contributed by atoms with E-state index < -0.39 is 16.1 Å². The molecular formula is C33H43N3O5S. The normalized spacial score (nSPS) is 12.7. The van der Waals surface area contributed by atoms with Crippen LogP contribution in [0.2, 0.25) is 0 Å². The molecule has 0 aliphatic rings. The molecule has 0 unspecified atom stereocenters. The predicted molar refractivity (Wildman–Crippen MR) is 168 cm³/mol. The maximum atomic E-state index is 13.9. The summed E-state index contributed by atoms with van der Waals surface area (Å²) in [6, 6.07) is 23.6. The second-order valence-electron chi connectivity index (χ2n) is 10.7. The van der Waals surface area contributed by atoms with Crippen molar-refractivity contribution in [3.05, 3.63) is 95.6 Å². The van der Waals surface area contributed by atoms with E-state index in [9.17, 15) is 18.0 Å². The Morgan fingerprint density at radius 1 is 0.952 bits per heavy atom. The zero-order valence-corrected chi connectivity index (χ0v) is 26.1. The Balaban J connectivity index is 1.89. The predicted octanol–water partition coefficient (Wildman–Crippen LogP) is 5.10. The van der Waals surface area contributed by atoms with Crippen molar-refractivity contribution in [1.82, 2.24) is 10.2 Å². The average Bonchev–Trinajstić information content (AvgIpc) is 2.97. The average molecular weight is 594 g/mol. The fourth-order valence-electron chi connectivity index (χ4n) is 4.65. The monoisotopic (exact) mass is 593 g/mol. The number of amides is 2. The lowest BCUT2D eigenvalue weighted by Gasteiger charge is -2.32. The van der Waals surface area contributed by atoms with Crippen LogP contribution in [0.5, 0.6) is 5.75 Å². The third-order valence-corrected chi connectivity index (χ3v) is 8.43. The van der Waals surface area contributed by atoms with Gasteiger partial charge in [0, 0.05) is 38.0 Å². The lowest BCUT2D eigenvalue weighted by atomic mass is 10.0. The number of benzene rings is 3. The highest BCUT2D eigenvalue weighted by Gasteiger charge is 2.31. The number of carbonyl (C=O) groups is 2. The Labute approximate surface area is 250 Å². The fourth-order valence-corrected chi connectivity index (χ4v) is 5.61. The molecule has 2 atom stereocenters. The molecule has 42 heavy (non-hydrogen) atoms. The number of anilines is 1. The van der Waals surface area contributed by atoms with Crippen molar-refractivity contribution in [2.75, 3.05) is 24.2 Å². The van der Waals surface area contributed by atoms with Crippen LogP contribution in [0.25, 0.3) is 0 Å². The minimum Gasteiger partial charge on any atom is -0.497 e. The van der Waals surface area contributed by atoms with Gasteiger partial charge in [0.25, 0.3) is 0 Å². The molecule has 1 N–H and O–H groups in total. The van der Waals surface area contributed by atoms with Gasteiger partial charge in [-0.05, 0) is 49.9 Å². The largest absolute Gasteiger partial charge is 0.497 e. The second-order valence-corrected chi connectivity index (χ2v) is 12.6. The van der Waals surface area contributed by atoms with E-state index in [0.717, 1.165) is 29.4 Å². The zero-order valence-electron chi connectivity index (χ0n) is 25.2. The number of carbonyl (C=O) groups excluding carboxylic acids is 2. The number of nitrogens with zero attached hydrogens (tertiary/aromatic N) is 2. The maximum absolute atomic E-state index is 13.9. The van der Waals surface area contributed by atoms with E-state index in [0.29, 0.717) is 17.9 Å². The molecule has 0 spiro atoms. The highest BCUT2D eigenvalue weighted by Crippen LogP contribution is 2.24. The van der Waals surface area contributed by atoms with Crippen molar-refractivity contribution in [3.8, 4) is 5.75 Å². The second kappa shape index (κ2) is 15.4. The zero-order chi connectivity index (χ0) is 30.7. The molecule has 3 aromatic rings. The Morgan fingerprint density at radius 2 is 1.64 bits per heavy atom. The number of ether oxygens (including phenoxy) is 1. The molecule has 0 fully saturated rings. The van der Waals surface area contributed by atoms with Crippen molar-refractivity contribution in [3.63, 3.8) is 0 Å². The summed E-state index contributed by atoms with van der Waals surface area (Å²) in [5.41, 5.74) is 3.43. The molecule has 8 nitrogen and oxygen atoms in total. The van der Waals surface area contributed by atoms with E-state index in [-0.39, 0.29) is 43.8 Å². The van der Waals surface area contributed by atoms with Crippen molar-refractivity contribution >= 4 is 27.5 Å². The number of nitrogens with one attached hydrogen (secondary N) is 1. The standard InChI is InChI=1S/C33H43N3O5S/c1-6-26(3)34-33(38)31(22-27-12-8-7-9-13-27)35(24-28-19-17-25(2)18-20-28)32(37)16-11-21-36(42(5,39)40)29-14-10-15-30(23-29)41-4/h7-10,12-15,17-20,23,26,31H,6,11,16,21-22,24H2,1-5H3,(H,34,38)/t26-,31-/m1/s1. The third kappa shape index (κ3) is 9.62. The van der Waals surface area contributed by atoms with Crippen molar-refractivity contribution in [1.29, 1.82) is 0 Å². The molecule has 0 aliphatic heterocycles. The van der Waals surface area contributed by atoms with Gasteiger partial charge in [0.2, 0.25) is 21.8 Å². The summed E-state index contributed by atoms with van der Waals surface area (Å²) in [6.07, 6.45) is 2.62. The van der Waals surface area contributed by atoms with Gasteiger partial charge >= 0.3 is 0 Å². The van der Waals surface area contributed by atoms with Gasteiger partial charge < -0.3 is 15.0 Å². The summed E-state index contributed by atoms with van der Waals surface area (Å²) in [7, 11) is -2.09. The van der Waals surface area contributed by atoms with Crippen molar-refractivity contribution in [2.24, 2.45) is 0 Å². The molecule has 3 aromatic carbocycles. The summed E-state index contributed by atoms with van der Waals surface area (Å²) >= 11 is 0. The molecule has 0 saturated carbocycles. The lowest BCUT2D eigenvalue weighted by molar-refractivity contribution is -0.141. The molecule has 0 aliphatic carbocycles. The number of aryl methyl sites for hydroxylation is 1. The SMILES string of the molecule is CC[C@@H](C)NC(=O)[C@@H](Cc1ccccc1)N(Cc1ccc(C)cc1)C(=O)CCCN(c1cccc(OC)c1)S(C)(=O)=O. The van der Waals surface area contributed by atoms with Gasteiger partial charge in [-0.25, -0.2) is 8.42 Å². The topological polar surface area (TPSA) is 96.0 Å². The Bertz CT molecular complexity index is 1410. The summed E-state index contributed by atoms with van der Waals surface area (Å²) in [6.45, 7) is 6.32. The van der Waals surface area contributed by atoms with Gasteiger partial charge in [-0.15, -0.1) is 0 Å². The van der Waals surface area contributed by atoms with E-state index in [1.165, 1.54) is 11.4 Å². The number of rotatable bonds is 15. The Kier molecular flexibility index (Phi) is 12.0. The molecule has 226 valence electrons. The molecule has 9 heteroatoms. The summed E-state index contributed by atoms with van der Waals surface area (Å²) < 4.78 is 31.9. The smallest absolute Gasteiger partial charge is 0.243 e. The molecule has 3 rings (SSSR count). The highest BCUT2D eigenvalue weighted by atomic mass is 32.2. The molecule has 0 bridgehead atoms. The van der Waals surface area contributed by atoms with Crippen LogP contribution in [0.3, 0.4) is 0 Å². The molecule has 2 amide bonds. The van der Waals surface area contributed by atoms with Crippen LogP contribution in [0, 0.1) is 6.92 Å². The molecule has 0 radical (unpaired) electrons. The van der Waals surface area contributed by atoms with Crippen LogP contribution in [0.1, 0.15) is 49.8 Å². The summed E-state index contributed by atoms with van der Waals surface area (Å²) in [5, 5.41) is 3.07. The first-order chi connectivity index (χ1) is 20.0. The van der Waals surface area contributed by atoms with Gasteiger partial charge in [-0.2, -0.15) is 0 Å². The van der Waals surface area contributed by atoms with E-state index in [1.807, 2.05) is 75.4 Å². The van der Waals surface area contributed by atoms with Crippen LogP contribution in [0.15, 0.2) is 78.9 Å². The molecule has 0 aromatic heterocycles. The van der Waals surface area contributed by atoms with Crippen LogP contribution >= 0.6 is 0 Å². The van der Waals surface area contributed by atoms with Crippen molar-refractivity contribution < 1.29 is 22.7 Å². The van der Waals surface area contributed by atoms with E-state index in [4.69, 9.17) is 4.74 Å². The van der Waals surface area contributed by atoms with Crippen LogP contribution in [0.4, 0.5) is 5.69 Å². The van der Waals surface area contributed by atoms with Crippen LogP contribution in [-0.4, -0.2) is 57.1 Å². The van der Waals surface area contributed by atoms with Gasteiger partial charge in [-0.3, -0.25) is 13.9 Å². The molecule has 0 heterocycles. The minimum atomic E-state index is -3.61. The maximum Gasteiger partial charge on any atom is 0.243 e. The number of hydrogen-bond donors (Lipinski definition) is 1. The van der Waals surface area contributed by atoms with E-state index in [1.54, 1.807) is 29.2 Å². The minimum absolute atomic E-state index is 0.0433. The van der Waals surface area contributed by atoms with Gasteiger partial charge in [0.05, 0.1) is 19.1 Å². The molecular weight excluding hydrogens is 550 g/mol. The number of methoxy groups -OCH3 is 1. The first-order valence-corrected chi connectivity index (χ1v) is 16.2. The quantitative estimate of drug-likeness (QED) is 0.264. The number of hydrogen-bond acceptors (Lipinski definition) is 5. The first-order valence-electron chi connectivity index (χ1n) is 14.3. The third-order valence-electron chi connectivity index (χ3n) is 7.24. The lowest BCUT2D eigenvalue weighted by Crippen LogP contribution is -2.52. The fraction of sp³-hybridized carbons (Fsp3) is 0.394. The van der Waals surface area contributed by atoms with Gasteiger partial charge in [0.1, 0.15) is 11.8 Å². The summed E-state index contributed by atoms with van der Waals surface area (Å²) in [5.74, 6) is 0.121. The first kappa shape index (κ1) is 32.7. The van der Waals surface area contributed by atoms with E-state index in [2.05, 4.69) is 5.32 Å². The van der Waals surface area contributed by atoms with E-state index >= 15 is 0 Å². The summed E-state index contributed by atoms with van der Waals surface area (Å²) in [4.78, 5) is 29.2. The van der Waals surface area contributed by atoms with Gasteiger partial charge in [-0.1, -0.05) is 73.2 Å². The Hall–Kier alpha value is -3.85. The van der Waals surface area contributed by atoms with Gasteiger partial charge in [0.15, 0.2) is 0 Å². The Morgan fingerprint density at radius 3 is 2.26 bits per heavy atom.